The second-order valence-electron chi connectivity index (χ2n) is 14.2. The average molecular weight is 685 g/mol. The quantitative estimate of drug-likeness (QED) is 0.221. The van der Waals surface area contributed by atoms with Crippen molar-refractivity contribution < 1.29 is 29.0 Å². The molecule has 0 saturated carbocycles. The largest absolute Gasteiger partial charge is 0.432 e. The van der Waals surface area contributed by atoms with Gasteiger partial charge in [-0.15, -0.1) is 0 Å². The number of carbonyl (C=O) groups excluding carboxylic acids is 3. The van der Waals surface area contributed by atoms with Crippen molar-refractivity contribution in [3.8, 4) is 0 Å². The molecule has 3 aliphatic rings. The smallest absolute Gasteiger partial charge is 0.264 e. The number of hydrogen-bond acceptors (Lipinski definition) is 7. The molecule has 3 aliphatic heterocycles. The van der Waals surface area contributed by atoms with Crippen molar-refractivity contribution in [3.63, 3.8) is 0 Å². The maximum Gasteiger partial charge on any atom is 0.264 e. The van der Waals surface area contributed by atoms with Crippen LogP contribution in [0.1, 0.15) is 42.9 Å². The zero-order valence-corrected chi connectivity index (χ0v) is 29.6. The molecule has 6 rings (SSSR count). The van der Waals surface area contributed by atoms with Crippen LogP contribution in [0.4, 0.5) is 11.4 Å². The summed E-state index contributed by atoms with van der Waals surface area (Å²) in [6.07, 6.45) is 1.10. The van der Waals surface area contributed by atoms with Crippen LogP contribution in [0.3, 0.4) is 0 Å². The Labute approximate surface area is 289 Å². The molecule has 1 unspecified atom stereocenters. The van der Waals surface area contributed by atoms with Gasteiger partial charge in [0.1, 0.15) is 0 Å². The van der Waals surface area contributed by atoms with Gasteiger partial charge in [-0.1, -0.05) is 67.6 Å². The van der Waals surface area contributed by atoms with Gasteiger partial charge in [0, 0.05) is 42.3 Å². The van der Waals surface area contributed by atoms with Gasteiger partial charge in [-0.3, -0.25) is 14.4 Å². The molecular formula is C38H48N4O6Si. The van der Waals surface area contributed by atoms with Crippen LogP contribution in [0, 0.1) is 11.8 Å². The molecule has 49 heavy (non-hydrogen) atoms. The highest BCUT2D eigenvalue weighted by Gasteiger charge is 2.66. The lowest BCUT2D eigenvalue weighted by Gasteiger charge is -2.32. The molecule has 0 radical (unpaired) electrons. The molecule has 3 aromatic carbocycles. The van der Waals surface area contributed by atoms with E-state index in [9.17, 15) is 24.3 Å². The number of hydrogen-bond donors (Lipinski definition) is 4. The van der Waals surface area contributed by atoms with Gasteiger partial charge in [-0.05, 0) is 61.8 Å². The number of amides is 3. The predicted molar refractivity (Wildman–Crippen MR) is 191 cm³/mol. The van der Waals surface area contributed by atoms with E-state index < -0.39 is 31.5 Å². The number of nitrogens with one attached hydrogen (secondary N) is 2. The van der Waals surface area contributed by atoms with Crippen molar-refractivity contribution in [1.82, 2.24) is 10.2 Å². The molecule has 2 fully saturated rings. The van der Waals surface area contributed by atoms with Gasteiger partial charge in [0.05, 0.1) is 37.3 Å². The lowest BCUT2D eigenvalue weighted by molar-refractivity contribution is -0.150. The van der Waals surface area contributed by atoms with Crippen LogP contribution < -0.4 is 15.5 Å². The van der Waals surface area contributed by atoms with Crippen LogP contribution in [0.15, 0.2) is 78.9 Å². The van der Waals surface area contributed by atoms with E-state index in [2.05, 4.69) is 10.6 Å². The Morgan fingerprint density at radius 1 is 1.06 bits per heavy atom. The summed E-state index contributed by atoms with van der Waals surface area (Å²) in [5, 5.41) is 16.1. The fourth-order valence-electron chi connectivity index (χ4n) is 8.16. The maximum absolute atomic E-state index is 14.8. The van der Waals surface area contributed by atoms with Crippen LogP contribution in [0.25, 0.3) is 0 Å². The van der Waals surface area contributed by atoms with E-state index in [-0.39, 0.29) is 49.8 Å². The third-order valence-corrected chi connectivity index (χ3v) is 12.9. The highest BCUT2D eigenvalue weighted by Crippen LogP contribution is 2.59. The van der Waals surface area contributed by atoms with E-state index in [1.54, 1.807) is 9.80 Å². The first-order valence-electron chi connectivity index (χ1n) is 17.4. The molecule has 5 atom stereocenters. The summed E-state index contributed by atoms with van der Waals surface area (Å²) >= 11 is 0. The van der Waals surface area contributed by atoms with Gasteiger partial charge in [0.15, 0.2) is 13.9 Å². The normalized spacial score (nSPS) is 25.0. The fraction of sp³-hybridized carbons (Fsp3) is 0.447. The zero-order valence-electron chi connectivity index (χ0n) is 28.6. The van der Waals surface area contributed by atoms with E-state index in [0.29, 0.717) is 18.8 Å². The van der Waals surface area contributed by atoms with Crippen LogP contribution in [-0.2, 0) is 37.8 Å². The monoisotopic (exact) mass is 684 g/mol. The minimum absolute atomic E-state index is 0.0113. The van der Waals surface area contributed by atoms with Crippen molar-refractivity contribution >= 4 is 37.4 Å². The highest BCUT2D eigenvalue weighted by atomic mass is 28.4. The van der Waals surface area contributed by atoms with Crippen LogP contribution in [0.5, 0.6) is 0 Å². The Morgan fingerprint density at radius 2 is 1.80 bits per heavy atom. The molecule has 2 saturated heterocycles. The molecule has 1 spiro atoms. The number of aliphatic hydroxyl groups is 1. The lowest BCUT2D eigenvalue weighted by Crippen LogP contribution is -2.46. The van der Waals surface area contributed by atoms with Gasteiger partial charge in [-0.25, -0.2) is 0 Å². The number of nitrogens with zero attached hydrogens (tertiary/aromatic N) is 2. The number of ether oxygens (including phenoxy) is 1. The Morgan fingerprint density at radius 3 is 2.51 bits per heavy atom. The topological polar surface area (TPSA) is 131 Å². The third-order valence-electron chi connectivity index (χ3n) is 10.4. The lowest BCUT2D eigenvalue weighted by atomic mass is 9.82. The Balaban J connectivity index is 1.26. The summed E-state index contributed by atoms with van der Waals surface area (Å²) in [7, 11) is -2.98. The summed E-state index contributed by atoms with van der Waals surface area (Å²) in [5.74, 6) is -0.924. The first-order valence-corrected chi connectivity index (χ1v) is 20.4. The van der Waals surface area contributed by atoms with Crippen molar-refractivity contribution in [1.29, 1.82) is 0 Å². The Kier molecular flexibility index (Phi) is 10.4. The summed E-state index contributed by atoms with van der Waals surface area (Å²) < 4.78 is 6.87. The molecule has 11 heteroatoms. The van der Waals surface area contributed by atoms with Gasteiger partial charge in [0.2, 0.25) is 11.8 Å². The molecule has 4 N–H and O–H groups in total. The van der Waals surface area contributed by atoms with E-state index in [1.165, 1.54) is 0 Å². The molecule has 0 bridgehead atoms. The van der Waals surface area contributed by atoms with Crippen molar-refractivity contribution in [3.05, 3.63) is 95.6 Å². The summed E-state index contributed by atoms with van der Waals surface area (Å²) in [4.78, 5) is 56.6. The molecule has 0 aliphatic carbocycles. The first kappa shape index (κ1) is 35.0. The molecule has 260 valence electrons. The number of carbonyl (C=O) groups is 3. The van der Waals surface area contributed by atoms with E-state index >= 15 is 0 Å². The second kappa shape index (κ2) is 14.5. The van der Waals surface area contributed by atoms with Crippen molar-refractivity contribution in [2.45, 2.75) is 69.6 Å². The molecule has 3 aromatic rings. The van der Waals surface area contributed by atoms with Gasteiger partial charge in [-0.2, -0.15) is 0 Å². The molecule has 10 nitrogen and oxygen atoms in total. The Bertz CT molecular complexity index is 1660. The van der Waals surface area contributed by atoms with Crippen LogP contribution in [0.2, 0.25) is 18.6 Å². The molecule has 3 heterocycles. The standard InChI is InChI=1S/C38H48N4O6Si/c1-26-35(49(2,3)47)33(22-34(44)41(19-20-43)24-27-11-5-4-6-12-27)48-38(26)31-16-7-8-17-32(31)42(37(38)46)25-28-13-9-15-30(21-28)40-36(45)29-14-10-18-39-23-29/h4-9,11-13,15-17,21,26,29,33,35,39,43,47H,10,14,18-20,22-25H2,1-3H3,(H,40,45)/t26-,29?,33+,35-,38+/m1/s1. The van der Waals surface area contributed by atoms with E-state index in [0.717, 1.165) is 41.8 Å². The van der Waals surface area contributed by atoms with Gasteiger partial charge in [0.25, 0.3) is 5.91 Å². The maximum atomic E-state index is 14.8. The third kappa shape index (κ3) is 7.09. The SMILES string of the molecule is C[C@@H]1[C@@H]([Si](C)(C)O)[C@H](CC(=O)N(CCO)Cc2ccccc2)O[C@@]12C(=O)N(Cc1cccc(NC(=O)C3CCCNC3)c1)c1ccccc12. The number of anilines is 2. The van der Waals surface area contributed by atoms with Gasteiger partial charge < -0.3 is 35.1 Å². The highest BCUT2D eigenvalue weighted by molar-refractivity contribution is 6.71. The number of fused-ring (bicyclic) bond motifs is 2. The Hall–Kier alpha value is -3.87. The van der Waals surface area contributed by atoms with Gasteiger partial charge >= 0.3 is 0 Å². The number of piperidine rings is 1. The number of benzene rings is 3. The van der Waals surface area contributed by atoms with E-state index in [4.69, 9.17) is 4.74 Å². The average Bonchev–Trinajstić information content (AvgIpc) is 3.51. The van der Waals surface area contributed by atoms with Crippen LogP contribution >= 0.6 is 0 Å². The summed E-state index contributed by atoms with van der Waals surface area (Å²) in [6.45, 7) is 7.83. The molecule has 3 amide bonds. The number of aliphatic hydroxyl groups excluding tert-OH is 1. The predicted octanol–water partition coefficient (Wildman–Crippen LogP) is 4.38. The van der Waals surface area contributed by atoms with Crippen molar-refractivity contribution in [2.75, 3.05) is 36.5 Å². The number of rotatable bonds is 11. The fourth-order valence-corrected chi connectivity index (χ4v) is 10.7. The minimum Gasteiger partial charge on any atom is -0.432 e. The minimum atomic E-state index is -2.98. The molecule has 0 aromatic heterocycles. The second-order valence-corrected chi connectivity index (χ2v) is 18.2. The van der Waals surface area contributed by atoms with Crippen LogP contribution in [-0.4, -0.2) is 73.2 Å². The molecular weight excluding hydrogens is 637 g/mol. The van der Waals surface area contributed by atoms with E-state index in [1.807, 2.05) is 98.9 Å². The summed E-state index contributed by atoms with van der Waals surface area (Å²) in [5.41, 5.74) is 2.16. The van der Waals surface area contributed by atoms with Crippen molar-refractivity contribution in [2.24, 2.45) is 11.8 Å². The first-order chi connectivity index (χ1) is 23.5. The summed E-state index contributed by atoms with van der Waals surface area (Å²) in [6, 6.07) is 24.8. The zero-order chi connectivity index (χ0) is 34.8. The number of para-hydroxylation sites is 1.